The molecule has 1 aliphatic heterocycles. The number of amides is 1. The minimum absolute atomic E-state index is 0.0831. The molecule has 1 amide bonds. The molecular formula is C24H30N4O2S. The second kappa shape index (κ2) is 9.22. The van der Waals surface area contributed by atoms with Gasteiger partial charge in [0.05, 0.1) is 11.4 Å². The number of nitrogens with one attached hydrogen (secondary N) is 2. The topological polar surface area (TPSA) is 78.1 Å². The molecule has 3 aromatic rings. The normalized spacial score (nSPS) is 16.8. The fraction of sp³-hybridized carbons (Fsp3) is 0.458. The third kappa shape index (κ3) is 4.66. The third-order valence-corrected chi connectivity index (χ3v) is 6.93. The fourth-order valence-corrected chi connectivity index (χ4v) is 5.04. The maximum absolute atomic E-state index is 12.8. The number of H-pyrrole nitrogens is 1. The van der Waals surface area contributed by atoms with E-state index in [0.717, 1.165) is 48.0 Å². The van der Waals surface area contributed by atoms with Gasteiger partial charge in [-0.25, -0.2) is 4.98 Å². The third-order valence-electron chi connectivity index (χ3n) is 5.96. The molecule has 1 fully saturated rings. The van der Waals surface area contributed by atoms with Crippen molar-refractivity contribution in [1.29, 1.82) is 0 Å². The summed E-state index contributed by atoms with van der Waals surface area (Å²) in [4.78, 5) is 35.3. The summed E-state index contributed by atoms with van der Waals surface area (Å²) >= 11 is 1.43. The Labute approximate surface area is 186 Å². The quantitative estimate of drug-likeness (QED) is 0.600. The number of aromatic nitrogens is 2. The van der Waals surface area contributed by atoms with Gasteiger partial charge in [-0.15, -0.1) is 11.3 Å². The predicted molar refractivity (Wildman–Crippen MR) is 128 cm³/mol. The van der Waals surface area contributed by atoms with E-state index in [0.29, 0.717) is 29.7 Å². The van der Waals surface area contributed by atoms with Crippen LogP contribution in [0.25, 0.3) is 21.3 Å². The van der Waals surface area contributed by atoms with E-state index in [1.165, 1.54) is 11.3 Å². The molecule has 7 heteroatoms. The number of rotatable bonds is 6. The highest BCUT2D eigenvalue weighted by Gasteiger charge is 2.27. The molecule has 0 bridgehead atoms. The van der Waals surface area contributed by atoms with Gasteiger partial charge in [0, 0.05) is 30.6 Å². The lowest BCUT2D eigenvalue weighted by molar-refractivity contribution is -0.125. The van der Waals surface area contributed by atoms with Crippen molar-refractivity contribution >= 4 is 33.4 Å². The van der Waals surface area contributed by atoms with Crippen molar-refractivity contribution in [1.82, 2.24) is 15.3 Å². The molecule has 0 saturated carbocycles. The Morgan fingerprint density at radius 1 is 1.32 bits per heavy atom. The van der Waals surface area contributed by atoms with E-state index in [4.69, 9.17) is 4.98 Å². The van der Waals surface area contributed by atoms with Gasteiger partial charge in [0.25, 0.3) is 5.56 Å². The molecule has 0 aliphatic carbocycles. The zero-order valence-corrected chi connectivity index (χ0v) is 19.2. The number of carbonyl (C=O) groups is 1. The zero-order chi connectivity index (χ0) is 22.0. The van der Waals surface area contributed by atoms with Crippen molar-refractivity contribution < 1.29 is 4.79 Å². The van der Waals surface area contributed by atoms with Crippen molar-refractivity contribution in [2.24, 2.45) is 11.8 Å². The smallest absolute Gasteiger partial charge is 0.270 e. The summed E-state index contributed by atoms with van der Waals surface area (Å²) in [5.74, 6) is 1.15. The van der Waals surface area contributed by atoms with E-state index >= 15 is 0 Å². The molecular weight excluding hydrogens is 408 g/mol. The molecule has 1 atom stereocenters. The monoisotopic (exact) mass is 438 g/mol. The molecule has 4 rings (SSSR count). The van der Waals surface area contributed by atoms with Gasteiger partial charge in [-0.05, 0) is 43.2 Å². The second-order valence-corrected chi connectivity index (χ2v) is 9.67. The minimum Gasteiger partial charge on any atom is -0.356 e. The highest BCUT2D eigenvalue weighted by atomic mass is 32.1. The summed E-state index contributed by atoms with van der Waals surface area (Å²) in [5.41, 5.74) is 3.86. The molecule has 1 saturated heterocycles. The Morgan fingerprint density at radius 3 is 2.90 bits per heavy atom. The first kappa shape index (κ1) is 21.6. The van der Waals surface area contributed by atoms with Crippen molar-refractivity contribution in [2.45, 2.75) is 40.0 Å². The number of piperidine rings is 1. The maximum Gasteiger partial charge on any atom is 0.270 e. The van der Waals surface area contributed by atoms with Crippen LogP contribution in [0, 0.1) is 18.8 Å². The zero-order valence-electron chi connectivity index (χ0n) is 18.4. The minimum atomic E-state index is -0.117. The molecule has 0 radical (unpaired) electrons. The van der Waals surface area contributed by atoms with E-state index in [2.05, 4.69) is 48.1 Å². The number of aryl methyl sites for hydroxylation is 1. The average molecular weight is 439 g/mol. The van der Waals surface area contributed by atoms with Gasteiger partial charge < -0.3 is 10.2 Å². The highest BCUT2D eigenvalue weighted by molar-refractivity contribution is 7.17. The van der Waals surface area contributed by atoms with Crippen LogP contribution in [0.5, 0.6) is 0 Å². The number of thiophene rings is 1. The van der Waals surface area contributed by atoms with Crippen molar-refractivity contribution in [3.8, 4) is 11.1 Å². The number of hydrogen-bond donors (Lipinski definition) is 2. The second-order valence-electron chi connectivity index (χ2n) is 8.79. The van der Waals surface area contributed by atoms with Gasteiger partial charge in [0.15, 0.2) is 0 Å². The van der Waals surface area contributed by atoms with Crippen LogP contribution in [0.15, 0.2) is 34.4 Å². The van der Waals surface area contributed by atoms with Crippen LogP contribution in [-0.4, -0.2) is 35.5 Å². The van der Waals surface area contributed by atoms with Crippen LogP contribution in [-0.2, 0) is 4.79 Å². The van der Waals surface area contributed by atoms with Crippen LogP contribution in [0.1, 0.15) is 38.7 Å². The molecule has 0 unspecified atom stereocenters. The van der Waals surface area contributed by atoms with Gasteiger partial charge in [-0.1, -0.05) is 38.1 Å². The van der Waals surface area contributed by atoms with E-state index in [9.17, 15) is 9.59 Å². The molecule has 164 valence electrons. The number of anilines is 1. The number of fused-ring (bicyclic) bond motifs is 1. The Bertz CT molecular complexity index is 1130. The number of carbonyl (C=O) groups excluding carboxylic acids is 1. The van der Waals surface area contributed by atoms with Gasteiger partial charge in [0.2, 0.25) is 11.9 Å². The number of hydrogen-bond acceptors (Lipinski definition) is 5. The molecule has 3 heterocycles. The van der Waals surface area contributed by atoms with Crippen molar-refractivity contribution in [3.05, 3.63) is 45.6 Å². The summed E-state index contributed by atoms with van der Waals surface area (Å²) in [6.07, 6.45) is 2.75. The lowest BCUT2D eigenvalue weighted by Gasteiger charge is -2.32. The maximum atomic E-state index is 12.8. The van der Waals surface area contributed by atoms with Crippen LogP contribution in [0.3, 0.4) is 0 Å². The lowest BCUT2D eigenvalue weighted by Crippen LogP contribution is -2.44. The first-order valence-electron chi connectivity index (χ1n) is 11.0. The van der Waals surface area contributed by atoms with Crippen LogP contribution >= 0.6 is 11.3 Å². The van der Waals surface area contributed by atoms with E-state index < -0.39 is 0 Å². The molecule has 2 aromatic heterocycles. The average Bonchev–Trinajstić information content (AvgIpc) is 3.18. The summed E-state index contributed by atoms with van der Waals surface area (Å²) in [6.45, 7) is 8.45. The van der Waals surface area contributed by atoms with Crippen LogP contribution < -0.4 is 15.8 Å². The predicted octanol–water partition coefficient (Wildman–Crippen LogP) is 4.34. The molecule has 1 aliphatic rings. The first-order chi connectivity index (χ1) is 14.9. The van der Waals surface area contributed by atoms with Crippen LogP contribution in [0.2, 0.25) is 0 Å². The summed E-state index contributed by atoms with van der Waals surface area (Å²) in [5, 5.41) is 5.09. The Hall–Kier alpha value is -2.67. The molecule has 0 spiro atoms. The standard InChI is InChI=1S/C24H30N4O2S/c1-15(2)10-11-25-22(29)17-8-6-12-28(13-17)24-26-20-19(14-31-21(20)23(30)27-24)18-9-5-4-7-16(18)3/h4-5,7,9,14-15,17H,6,8,10-13H2,1-3H3,(H,25,29)(H,26,27,30)/t17-/m1/s1. The van der Waals surface area contributed by atoms with Gasteiger partial charge in [0.1, 0.15) is 4.70 Å². The summed E-state index contributed by atoms with van der Waals surface area (Å²) in [6, 6.07) is 8.16. The van der Waals surface area contributed by atoms with Crippen molar-refractivity contribution in [3.63, 3.8) is 0 Å². The van der Waals surface area contributed by atoms with Gasteiger partial charge >= 0.3 is 0 Å². The SMILES string of the molecule is Cc1ccccc1-c1csc2c(=O)[nH]c(N3CCC[C@@H](C(=O)NCCC(C)C)C3)nc12. The summed E-state index contributed by atoms with van der Waals surface area (Å²) in [7, 11) is 0. The number of aromatic amines is 1. The Kier molecular flexibility index (Phi) is 6.41. The first-order valence-corrected chi connectivity index (χ1v) is 11.9. The van der Waals surface area contributed by atoms with Crippen LogP contribution in [0.4, 0.5) is 5.95 Å². The van der Waals surface area contributed by atoms with E-state index in [1.807, 2.05) is 17.5 Å². The summed E-state index contributed by atoms with van der Waals surface area (Å²) < 4.78 is 0.641. The van der Waals surface area contributed by atoms with Gasteiger partial charge in [-0.3, -0.25) is 14.6 Å². The highest BCUT2D eigenvalue weighted by Crippen LogP contribution is 2.33. The molecule has 1 aromatic carbocycles. The lowest BCUT2D eigenvalue weighted by atomic mass is 9.97. The fourth-order valence-electron chi connectivity index (χ4n) is 4.14. The van der Waals surface area contributed by atoms with E-state index in [-0.39, 0.29) is 17.4 Å². The largest absolute Gasteiger partial charge is 0.356 e. The molecule has 2 N–H and O–H groups in total. The number of nitrogens with zero attached hydrogens (tertiary/aromatic N) is 2. The Balaban J connectivity index is 1.59. The Morgan fingerprint density at radius 2 is 2.13 bits per heavy atom. The van der Waals surface area contributed by atoms with Crippen molar-refractivity contribution in [2.75, 3.05) is 24.5 Å². The van der Waals surface area contributed by atoms with E-state index in [1.54, 1.807) is 0 Å². The molecule has 31 heavy (non-hydrogen) atoms. The van der Waals surface area contributed by atoms with Gasteiger partial charge in [-0.2, -0.15) is 0 Å². The molecule has 6 nitrogen and oxygen atoms in total. The number of benzene rings is 1.